The van der Waals surface area contributed by atoms with Crippen LogP contribution >= 0.6 is 0 Å². The van der Waals surface area contributed by atoms with Crippen molar-refractivity contribution >= 4 is 0 Å². The quantitative estimate of drug-likeness (QED) is 0.748. The summed E-state index contributed by atoms with van der Waals surface area (Å²) in [5.41, 5.74) is 0.544. The number of rotatable bonds is 1. The van der Waals surface area contributed by atoms with Crippen molar-refractivity contribution in [2.75, 3.05) is 0 Å². The second kappa shape index (κ2) is 4.43. The Morgan fingerprint density at radius 3 is 2.93 bits per heavy atom. The number of benzene rings is 1. The summed E-state index contributed by atoms with van der Waals surface area (Å²) < 4.78 is 26.2. The second-order valence-corrected chi connectivity index (χ2v) is 3.72. The highest BCUT2D eigenvalue weighted by Crippen LogP contribution is 2.24. The molecule has 1 aliphatic rings. The lowest BCUT2D eigenvalue weighted by molar-refractivity contribution is 0.511. The van der Waals surface area contributed by atoms with Crippen molar-refractivity contribution < 1.29 is 8.78 Å². The van der Waals surface area contributed by atoms with Gasteiger partial charge in [0.25, 0.3) is 0 Å². The van der Waals surface area contributed by atoms with E-state index in [1.165, 1.54) is 12.1 Å². The number of hydrogen-bond donors (Lipinski definition) is 1. The predicted molar refractivity (Wildman–Crippen MR) is 55.2 cm³/mol. The van der Waals surface area contributed by atoms with E-state index in [-0.39, 0.29) is 6.04 Å². The summed E-state index contributed by atoms with van der Waals surface area (Å²) in [6.07, 6.45) is 6.77. The first-order valence-electron chi connectivity index (χ1n) is 5.13. The molecule has 80 valence electrons. The van der Waals surface area contributed by atoms with E-state index in [0.29, 0.717) is 5.56 Å². The van der Waals surface area contributed by atoms with Crippen LogP contribution in [-0.2, 0) is 0 Å². The van der Waals surface area contributed by atoms with Crippen molar-refractivity contribution in [1.82, 2.24) is 5.32 Å². The maximum Gasteiger partial charge on any atom is 0.131 e. The molecule has 1 heterocycles. The first-order valence-corrected chi connectivity index (χ1v) is 5.13. The number of allylic oxidation sites excluding steroid dienone is 1. The minimum Gasteiger partial charge on any atom is -0.384 e. The normalized spacial score (nSPS) is 20.8. The molecular weight excluding hydrogens is 196 g/mol. The van der Waals surface area contributed by atoms with Crippen LogP contribution in [0.25, 0.3) is 0 Å². The lowest BCUT2D eigenvalue weighted by Crippen LogP contribution is -2.15. The van der Waals surface area contributed by atoms with Gasteiger partial charge in [0.05, 0.1) is 6.04 Å². The summed E-state index contributed by atoms with van der Waals surface area (Å²) in [5, 5.41) is 3.12. The number of halogens is 2. The maximum atomic E-state index is 13.5. The fourth-order valence-corrected chi connectivity index (χ4v) is 1.82. The van der Waals surface area contributed by atoms with Crippen molar-refractivity contribution in [3.05, 3.63) is 47.7 Å². The van der Waals surface area contributed by atoms with Gasteiger partial charge in [-0.25, -0.2) is 8.78 Å². The molecule has 3 heteroatoms. The highest BCUT2D eigenvalue weighted by molar-refractivity contribution is 5.23. The largest absolute Gasteiger partial charge is 0.384 e. The third-order valence-electron chi connectivity index (χ3n) is 2.62. The van der Waals surface area contributed by atoms with E-state index in [4.69, 9.17) is 0 Å². The minimum absolute atomic E-state index is 0.0376. The first-order chi connectivity index (χ1) is 7.27. The summed E-state index contributed by atoms with van der Waals surface area (Å²) in [6.45, 7) is 0. The molecule has 0 saturated carbocycles. The van der Waals surface area contributed by atoms with E-state index < -0.39 is 11.6 Å². The molecule has 0 amide bonds. The molecule has 15 heavy (non-hydrogen) atoms. The average molecular weight is 209 g/mol. The minimum atomic E-state index is -0.527. The molecule has 0 aromatic heterocycles. The zero-order chi connectivity index (χ0) is 10.7. The van der Waals surface area contributed by atoms with E-state index in [1.807, 2.05) is 12.3 Å². The van der Waals surface area contributed by atoms with Gasteiger partial charge in [-0.1, -0.05) is 12.1 Å². The van der Waals surface area contributed by atoms with Crippen molar-refractivity contribution in [3.8, 4) is 0 Å². The molecule has 0 fully saturated rings. The molecule has 1 aliphatic heterocycles. The first kappa shape index (κ1) is 10.1. The molecule has 2 rings (SSSR count). The second-order valence-electron chi connectivity index (χ2n) is 3.72. The summed E-state index contributed by atoms with van der Waals surface area (Å²) in [5.74, 6) is -0.997. The molecule has 1 nitrogen and oxygen atoms in total. The molecule has 0 saturated heterocycles. The van der Waals surface area contributed by atoms with Gasteiger partial charge in [-0.2, -0.15) is 0 Å². The Morgan fingerprint density at radius 2 is 2.13 bits per heavy atom. The Kier molecular flexibility index (Phi) is 2.99. The van der Waals surface area contributed by atoms with Crippen molar-refractivity contribution in [2.45, 2.75) is 25.3 Å². The predicted octanol–water partition coefficient (Wildman–Crippen LogP) is 3.29. The van der Waals surface area contributed by atoms with Crippen LogP contribution in [0.15, 0.2) is 30.5 Å². The smallest absolute Gasteiger partial charge is 0.131 e. The Labute approximate surface area is 87.8 Å². The fourth-order valence-electron chi connectivity index (χ4n) is 1.82. The Morgan fingerprint density at radius 1 is 1.27 bits per heavy atom. The summed E-state index contributed by atoms with van der Waals surface area (Å²) in [7, 11) is 0. The summed E-state index contributed by atoms with van der Waals surface area (Å²) >= 11 is 0. The lowest BCUT2D eigenvalue weighted by atomic mass is 10.0. The van der Waals surface area contributed by atoms with Gasteiger partial charge >= 0.3 is 0 Å². The van der Waals surface area contributed by atoms with Gasteiger partial charge in [-0.3, -0.25) is 0 Å². The standard InChI is InChI=1S/C12H13F2N/c13-9-5-6-10(11(14)8-9)12-4-2-1-3-7-15-12/h3,5-8,12,15H,1-2,4H2. The highest BCUT2D eigenvalue weighted by Gasteiger charge is 2.15. The van der Waals surface area contributed by atoms with Crippen LogP contribution in [0, 0.1) is 11.6 Å². The van der Waals surface area contributed by atoms with Crippen LogP contribution in [-0.4, -0.2) is 0 Å². The van der Waals surface area contributed by atoms with Gasteiger partial charge in [0.2, 0.25) is 0 Å². The molecule has 0 radical (unpaired) electrons. The molecule has 1 aromatic rings. The van der Waals surface area contributed by atoms with E-state index in [1.54, 1.807) is 0 Å². The van der Waals surface area contributed by atoms with Crippen LogP contribution in [0.5, 0.6) is 0 Å². The Hall–Kier alpha value is -1.38. The summed E-state index contributed by atoms with van der Waals surface area (Å²) in [4.78, 5) is 0. The van der Waals surface area contributed by atoms with Crippen molar-refractivity contribution in [3.63, 3.8) is 0 Å². The average Bonchev–Trinajstić information content (AvgIpc) is 2.46. The van der Waals surface area contributed by atoms with Gasteiger partial charge < -0.3 is 5.32 Å². The number of hydrogen-bond acceptors (Lipinski definition) is 1. The molecule has 0 aliphatic carbocycles. The highest BCUT2D eigenvalue weighted by atomic mass is 19.1. The van der Waals surface area contributed by atoms with Gasteiger partial charge in [-0.05, 0) is 31.5 Å². The topological polar surface area (TPSA) is 12.0 Å². The molecule has 0 bridgehead atoms. The molecule has 1 unspecified atom stereocenters. The summed E-state index contributed by atoms with van der Waals surface area (Å²) in [6, 6.07) is 3.71. The zero-order valence-corrected chi connectivity index (χ0v) is 8.34. The van der Waals surface area contributed by atoms with E-state index in [2.05, 4.69) is 5.32 Å². The molecule has 1 aromatic carbocycles. The number of nitrogens with one attached hydrogen (secondary N) is 1. The van der Waals surface area contributed by atoms with Gasteiger partial charge in [-0.15, -0.1) is 0 Å². The monoisotopic (exact) mass is 209 g/mol. The Bertz CT molecular complexity index is 374. The van der Waals surface area contributed by atoms with Crippen LogP contribution in [0.3, 0.4) is 0 Å². The van der Waals surface area contributed by atoms with Crippen molar-refractivity contribution in [1.29, 1.82) is 0 Å². The van der Waals surface area contributed by atoms with Gasteiger partial charge in [0.1, 0.15) is 11.6 Å². The van der Waals surface area contributed by atoms with E-state index in [0.717, 1.165) is 25.3 Å². The third kappa shape index (κ3) is 2.35. The van der Waals surface area contributed by atoms with Crippen molar-refractivity contribution in [2.24, 2.45) is 0 Å². The van der Waals surface area contributed by atoms with E-state index in [9.17, 15) is 8.78 Å². The lowest BCUT2D eigenvalue weighted by Gasteiger charge is -2.16. The van der Waals surface area contributed by atoms with Gasteiger partial charge in [0.15, 0.2) is 0 Å². The van der Waals surface area contributed by atoms with Crippen LogP contribution < -0.4 is 5.32 Å². The zero-order valence-electron chi connectivity index (χ0n) is 8.34. The SMILES string of the molecule is Fc1ccc(C2CCCC=CN2)c(F)c1. The van der Waals surface area contributed by atoms with Crippen LogP contribution in [0.4, 0.5) is 8.78 Å². The maximum absolute atomic E-state index is 13.5. The van der Waals surface area contributed by atoms with Crippen LogP contribution in [0.1, 0.15) is 30.9 Å². The Balaban J connectivity index is 2.24. The van der Waals surface area contributed by atoms with E-state index >= 15 is 0 Å². The molecule has 1 atom stereocenters. The third-order valence-corrected chi connectivity index (χ3v) is 2.62. The fraction of sp³-hybridized carbons (Fsp3) is 0.333. The molecule has 1 N–H and O–H groups in total. The molecular formula is C12H13F2N. The van der Waals surface area contributed by atoms with Gasteiger partial charge in [0, 0.05) is 11.6 Å². The molecule has 0 spiro atoms. The van der Waals surface area contributed by atoms with Crippen LogP contribution in [0.2, 0.25) is 0 Å².